The third-order valence-corrected chi connectivity index (χ3v) is 12.6. The molecule has 0 aromatic carbocycles. The largest absolute Gasteiger partial charge is 0.420 e. The second kappa shape index (κ2) is 10.2. The average molecular weight is 355 g/mol. The van der Waals surface area contributed by atoms with Gasteiger partial charge in [-0.25, -0.2) is 0 Å². The Morgan fingerprint density at radius 2 is 2.09 bits per heavy atom. The summed E-state index contributed by atoms with van der Waals surface area (Å²) in [5.41, 5.74) is 0. The fourth-order valence-electron chi connectivity index (χ4n) is 4.10. The minimum atomic E-state index is -1.67. The highest BCUT2D eigenvalue weighted by atomic mass is 28.4. The van der Waals surface area contributed by atoms with E-state index in [9.17, 15) is 0 Å². The lowest BCUT2D eigenvalue weighted by Gasteiger charge is -2.39. The number of allylic oxidation sites excluding steroid dienone is 2. The van der Waals surface area contributed by atoms with Crippen LogP contribution in [-0.2, 0) is 8.85 Å². The van der Waals surface area contributed by atoms with Crippen LogP contribution in [0.1, 0.15) is 71.6 Å². The van der Waals surface area contributed by atoms with Gasteiger partial charge in [0.25, 0.3) is 0 Å². The molecule has 0 N–H and O–H groups in total. The fourth-order valence-corrected chi connectivity index (χ4v) is 12.0. The Bertz CT molecular complexity index is 366. The summed E-state index contributed by atoms with van der Waals surface area (Å²) in [6.07, 6.45) is 15.1. The smallest absolute Gasteiger partial charge is 0.217 e. The summed E-state index contributed by atoms with van der Waals surface area (Å²) in [7, 11) is -2.66. The van der Waals surface area contributed by atoms with Crippen molar-refractivity contribution in [2.75, 3.05) is 6.61 Å². The maximum absolute atomic E-state index is 6.59. The molecule has 2 nitrogen and oxygen atoms in total. The molecule has 0 bridgehead atoms. The molecule has 0 saturated carbocycles. The van der Waals surface area contributed by atoms with Crippen molar-refractivity contribution < 1.29 is 8.85 Å². The summed E-state index contributed by atoms with van der Waals surface area (Å²) in [5, 5.41) is 1.72. The van der Waals surface area contributed by atoms with E-state index in [1.54, 1.807) is 5.20 Å². The molecule has 23 heavy (non-hydrogen) atoms. The zero-order chi connectivity index (χ0) is 16.5. The van der Waals surface area contributed by atoms with Gasteiger partial charge >= 0.3 is 0 Å². The Kier molecular flexibility index (Phi) is 8.58. The zero-order valence-corrected chi connectivity index (χ0v) is 17.9. The highest BCUT2D eigenvalue weighted by Gasteiger charge is 2.39. The maximum Gasteiger partial charge on any atom is 0.217 e. The molecule has 3 unspecified atom stereocenters. The SMILES string of the molecule is CCCCCCC=C(C[SiH]1CCCCO1)[Si]1(C)CCCC(C)O1. The lowest BCUT2D eigenvalue weighted by molar-refractivity contribution is 0.180. The van der Waals surface area contributed by atoms with Crippen LogP contribution in [0.4, 0.5) is 0 Å². The lowest BCUT2D eigenvalue weighted by atomic mass is 10.1. The summed E-state index contributed by atoms with van der Waals surface area (Å²) in [4.78, 5) is 0. The molecule has 0 aromatic heterocycles. The number of unbranched alkanes of at least 4 members (excludes halogenated alkanes) is 4. The fraction of sp³-hybridized carbons (Fsp3) is 0.895. The molecule has 3 atom stereocenters. The van der Waals surface area contributed by atoms with Crippen molar-refractivity contribution in [1.29, 1.82) is 0 Å². The molecule has 2 fully saturated rings. The van der Waals surface area contributed by atoms with Gasteiger partial charge in [0.15, 0.2) is 9.04 Å². The first kappa shape index (κ1) is 19.4. The second-order valence-electron chi connectivity index (χ2n) is 7.82. The van der Waals surface area contributed by atoms with Gasteiger partial charge in [-0.05, 0) is 57.3 Å². The summed E-state index contributed by atoms with van der Waals surface area (Å²) < 4.78 is 12.8. The van der Waals surface area contributed by atoms with Gasteiger partial charge in [-0.3, -0.25) is 0 Å². The molecule has 134 valence electrons. The number of hydrogen-bond donors (Lipinski definition) is 0. The Balaban J connectivity index is 1.98. The van der Waals surface area contributed by atoms with Crippen LogP contribution in [0.15, 0.2) is 11.3 Å². The first-order valence-corrected chi connectivity index (χ1v) is 14.8. The van der Waals surface area contributed by atoms with E-state index in [1.165, 1.54) is 75.9 Å². The Labute approximate surface area is 146 Å². The Hall–Kier alpha value is 0.0938. The zero-order valence-electron chi connectivity index (χ0n) is 15.7. The molecular formula is C19H38O2Si2. The van der Waals surface area contributed by atoms with Crippen molar-refractivity contribution in [3.05, 3.63) is 11.3 Å². The molecule has 2 rings (SSSR count). The molecule has 2 aliphatic heterocycles. The van der Waals surface area contributed by atoms with Crippen LogP contribution in [-0.4, -0.2) is 30.1 Å². The van der Waals surface area contributed by atoms with Crippen LogP contribution in [0.25, 0.3) is 0 Å². The second-order valence-corrected chi connectivity index (χ2v) is 14.2. The number of rotatable bonds is 8. The Morgan fingerprint density at radius 3 is 2.78 bits per heavy atom. The van der Waals surface area contributed by atoms with Crippen molar-refractivity contribution in [1.82, 2.24) is 0 Å². The van der Waals surface area contributed by atoms with Gasteiger partial charge in [-0.15, -0.1) is 0 Å². The number of hydrogen-bond acceptors (Lipinski definition) is 2. The minimum absolute atomic E-state index is 0.470. The molecule has 0 aromatic rings. The van der Waals surface area contributed by atoms with E-state index >= 15 is 0 Å². The van der Waals surface area contributed by atoms with Gasteiger partial charge in [0, 0.05) is 12.7 Å². The highest BCUT2D eigenvalue weighted by molar-refractivity contribution is 6.81. The third kappa shape index (κ3) is 6.48. The summed E-state index contributed by atoms with van der Waals surface area (Å²) >= 11 is 0. The predicted molar refractivity (Wildman–Crippen MR) is 105 cm³/mol. The van der Waals surface area contributed by atoms with E-state index < -0.39 is 17.4 Å². The topological polar surface area (TPSA) is 18.5 Å². The molecule has 0 amide bonds. The van der Waals surface area contributed by atoms with E-state index in [0.717, 1.165) is 6.61 Å². The van der Waals surface area contributed by atoms with Gasteiger partial charge < -0.3 is 8.85 Å². The minimum Gasteiger partial charge on any atom is -0.420 e. The molecular weight excluding hydrogens is 316 g/mol. The Morgan fingerprint density at radius 1 is 1.22 bits per heavy atom. The summed E-state index contributed by atoms with van der Waals surface area (Å²) in [5.74, 6) is 0. The predicted octanol–water partition coefficient (Wildman–Crippen LogP) is 5.73. The van der Waals surface area contributed by atoms with Gasteiger partial charge in [-0.2, -0.15) is 0 Å². The van der Waals surface area contributed by atoms with Crippen LogP contribution < -0.4 is 0 Å². The standard InChI is InChI=1S/C19H38O2Si2/c1-4-5-6-7-8-13-19(17-22-15-10-9-14-20-22)23(3)16-11-12-18(2)21-23/h13,18,22H,4-12,14-17H2,1-3H3. The third-order valence-electron chi connectivity index (χ3n) is 5.58. The van der Waals surface area contributed by atoms with Crippen molar-refractivity contribution in [2.45, 2.75) is 102 Å². The van der Waals surface area contributed by atoms with Crippen molar-refractivity contribution in [2.24, 2.45) is 0 Å². The quantitative estimate of drug-likeness (QED) is 0.409. The molecule has 4 heteroatoms. The molecule has 2 heterocycles. The maximum atomic E-state index is 6.59. The van der Waals surface area contributed by atoms with Crippen LogP contribution in [0.2, 0.25) is 24.7 Å². The molecule has 2 saturated heterocycles. The normalized spacial score (nSPS) is 32.9. The van der Waals surface area contributed by atoms with Gasteiger partial charge in [0.2, 0.25) is 8.32 Å². The molecule has 0 spiro atoms. The van der Waals surface area contributed by atoms with Crippen LogP contribution in [0.3, 0.4) is 0 Å². The van der Waals surface area contributed by atoms with Crippen molar-refractivity contribution >= 4 is 17.4 Å². The van der Waals surface area contributed by atoms with Gasteiger partial charge in [-0.1, -0.05) is 50.3 Å². The van der Waals surface area contributed by atoms with Crippen molar-refractivity contribution in [3.8, 4) is 0 Å². The van der Waals surface area contributed by atoms with E-state index in [-0.39, 0.29) is 0 Å². The lowest BCUT2D eigenvalue weighted by Crippen LogP contribution is -2.45. The van der Waals surface area contributed by atoms with E-state index in [2.05, 4.69) is 26.5 Å². The average Bonchev–Trinajstić information content (AvgIpc) is 2.54. The van der Waals surface area contributed by atoms with Gasteiger partial charge in [0.1, 0.15) is 0 Å². The summed E-state index contributed by atoms with van der Waals surface area (Å²) in [6, 6.07) is 4.00. The van der Waals surface area contributed by atoms with Crippen LogP contribution >= 0.6 is 0 Å². The van der Waals surface area contributed by atoms with Gasteiger partial charge in [0.05, 0.1) is 0 Å². The van der Waals surface area contributed by atoms with E-state index in [1.807, 2.05) is 0 Å². The highest BCUT2D eigenvalue weighted by Crippen LogP contribution is 2.35. The van der Waals surface area contributed by atoms with E-state index in [4.69, 9.17) is 8.85 Å². The van der Waals surface area contributed by atoms with Crippen molar-refractivity contribution in [3.63, 3.8) is 0 Å². The van der Waals surface area contributed by atoms with E-state index in [0.29, 0.717) is 6.10 Å². The monoisotopic (exact) mass is 354 g/mol. The van der Waals surface area contributed by atoms with Crippen LogP contribution in [0, 0.1) is 0 Å². The summed E-state index contributed by atoms with van der Waals surface area (Å²) in [6.45, 7) is 8.07. The first-order valence-electron chi connectivity index (χ1n) is 10.1. The van der Waals surface area contributed by atoms with Crippen LogP contribution in [0.5, 0.6) is 0 Å². The molecule has 2 aliphatic rings. The first-order chi connectivity index (χ1) is 11.1. The molecule has 0 aliphatic carbocycles. The molecule has 0 radical (unpaired) electrons.